The first-order valence-electron chi connectivity index (χ1n) is 7.38. The molecular formula is C15H20N6. The van der Waals surface area contributed by atoms with Gasteiger partial charge in [0.2, 0.25) is 0 Å². The standard InChI is InChI=1S/C15H20N6/c1-11-7-14(19-9-12-3-2-4-16-8-12)21-15(20-11)13-10-17-5-6-18-13/h5-7,10,12,16H,2-4,8-9H2,1H3,(H,19,20,21). The van der Waals surface area contributed by atoms with E-state index < -0.39 is 0 Å². The molecule has 1 aliphatic rings. The summed E-state index contributed by atoms with van der Waals surface area (Å²) >= 11 is 0. The number of hydrogen-bond donors (Lipinski definition) is 2. The molecule has 3 heterocycles. The number of nitrogens with one attached hydrogen (secondary N) is 2. The van der Waals surface area contributed by atoms with E-state index in [2.05, 4.69) is 30.6 Å². The lowest BCUT2D eigenvalue weighted by molar-refractivity contribution is 0.392. The van der Waals surface area contributed by atoms with Crippen molar-refractivity contribution in [3.8, 4) is 11.5 Å². The third-order valence-corrected chi connectivity index (χ3v) is 3.62. The largest absolute Gasteiger partial charge is 0.370 e. The van der Waals surface area contributed by atoms with Crippen molar-refractivity contribution in [2.24, 2.45) is 5.92 Å². The fraction of sp³-hybridized carbons (Fsp3) is 0.467. The maximum absolute atomic E-state index is 4.54. The average Bonchev–Trinajstić information content (AvgIpc) is 2.54. The Hall–Kier alpha value is -2.08. The predicted molar refractivity (Wildman–Crippen MR) is 81.9 cm³/mol. The quantitative estimate of drug-likeness (QED) is 0.889. The van der Waals surface area contributed by atoms with Crippen LogP contribution >= 0.6 is 0 Å². The van der Waals surface area contributed by atoms with E-state index in [1.165, 1.54) is 12.8 Å². The van der Waals surface area contributed by atoms with Crippen molar-refractivity contribution in [2.45, 2.75) is 19.8 Å². The molecule has 0 radical (unpaired) electrons. The zero-order valence-electron chi connectivity index (χ0n) is 12.2. The van der Waals surface area contributed by atoms with Gasteiger partial charge < -0.3 is 10.6 Å². The predicted octanol–water partition coefficient (Wildman–Crippen LogP) is 1.65. The number of nitrogens with zero attached hydrogens (tertiary/aromatic N) is 4. The molecule has 2 aromatic heterocycles. The van der Waals surface area contributed by atoms with Crippen molar-refractivity contribution in [2.75, 3.05) is 25.0 Å². The first-order valence-corrected chi connectivity index (χ1v) is 7.38. The van der Waals surface area contributed by atoms with E-state index in [1.807, 2.05) is 13.0 Å². The molecule has 1 saturated heterocycles. The Kier molecular flexibility index (Phi) is 4.35. The van der Waals surface area contributed by atoms with E-state index in [0.717, 1.165) is 31.1 Å². The van der Waals surface area contributed by atoms with Crippen LogP contribution in [0.1, 0.15) is 18.5 Å². The lowest BCUT2D eigenvalue weighted by atomic mass is 10.00. The number of aromatic nitrogens is 4. The van der Waals surface area contributed by atoms with Crippen LogP contribution in [0.25, 0.3) is 11.5 Å². The molecule has 6 nitrogen and oxygen atoms in total. The van der Waals surface area contributed by atoms with Crippen molar-refractivity contribution in [1.29, 1.82) is 0 Å². The molecule has 1 unspecified atom stereocenters. The van der Waals surface area contributed by atoms with Crippen LogP contribution in [-0.4, -0.2) is 39.6 Å². The second-order valence-electron chi connectivity index (χ2n) is 5.40. The smallest absolute Gasteiger partial charge is 0.182 e. The highest BCUT2D eigenvalue weighted by atomic mass is 15.0. The summed E-state index contributed by atoms with van der Waals surface area (Å²) in [6, 6.07) is 1.97. The Morgan fingerprint density at radius 3 is 3.05 bits per heavy atom. The molecule has 0 amide bonds. The van der Waals surface area contributed by atoms with E-state index in [0.29, 0.717) is 17.4 Å². The highest BCUT2D eigenvalue weighted by Gasteiger charge is 2.13. The molecule has 0 spiro atoms. The van der Waals surface area contributed by atoms with Gasteiger partial charge in [0.25, 0.3) is 0 Å². The van der Waals surface area contributed by atoms with Crippen molar-refractivity contribution < 1.29 is 0 Å². The molecule has 1 fully saturated rings. The van der Waals surface area contributed by atoms with E-state index in [4.69, 9.17) is 0 Å². The molecule has 6 heteroatoms. The highest BCUT2D eigenvalue weighted by molar-refractivity contribution is 5.51. The van der Waals surface area contributed by atoms with Crippen LogP contribution in [0.15, 0.2) is 24.7 Å². The third kappa shape index (κ3) is 3.72. The van der Waals surface area contributed by atoms with Crippen molar-refractivity contribution in [3.63, 3.8) is 0 Å². The molecule has 0 saturated carbocycles. The minimum Gasteiger partial charge on any atom is -0.370 e. The summed E-state index contributed by atoms with van der Waals surface area (Å²) in [4.78, 5) is 17.3. The fourth-order valence-electron chi connectivity index (χ4n) is 2.54. The van der Waals surface area contributed by atoms with Crippen LogP contribution in [0.2, 0.25) is 0 Å². The SMILES string of the molecule is Cc1cc(NCC2CCCNC2)nc(-c2cnccn2)n1. The summed E-state index contributed by atoms with van der Waals surface area (Å²) in [5, 5.41) is 6.85. The van der Waals surface area contributed by atoms with E-state index >= 15 is 0 Å². The summed E-state index contributed by atoms with van der Waals surface area (Å²) in [5.74, 6) is 2.13. The van der Waals surface area contributed by atoms with Gasteiger partial charge in [0.05, 0.1) is 6.20 Å². The zero-order valence-corrected chi connectivity index (χ0v) is 12.2. The molecule has 0 aromatic carbocycles. The molecule has 21 heavy (non-hydrogen) atoms. The average molecular weight is 284 g/mol. The summed E-state index contributed by atoms with van der Waals surface area (Å²) in [6.45, 7) is 5.12. The number of anilines is 1. The number of aryl methyl sites for hydroxylation is 1. The summed E-state index contributed by atoms with van der Waals surface area (Å²) in [7, 11) is 0. The van der Waals surface area contributed by atoms with Gasteiger partial charge >= 0.3 is 0 Å². The van der Waals surface area contributed by atoms with Gasteiger partial charge in [0.1, 0.15) is 11.5 Å². The molecule has 1 atom stereocenters. The van der Waals surface area contributed by atoms with Crippen LogP contribution in [0.5, 0.6) is 0 Å². The van der Waals surface area contributed by atoms with Gasteiger partial charge in [-0.1, -0.05) is 0 Å². The summed E-state index contributed by atoms with van der Waals surface area (Å²) < 4.78 is 0. The molecule has 1 aliphatic heterocycles. The molecular weight excluding hydrogens is 264 g/mol. The number of piperidine rings is 1. The minimum absolute atomic E-state index is 0.618. The Balaban J connectivity index is 1.72. The van der Waals surface area contributed by atoms with Gasteiger partial charge in [-0.25, -0.2) is 15.0 Å². The summed E-state index contributed by atoms with van der Waals surface area (Å²) in [6.07, 6.45) is 7.50. The van der Waals surface area contributed by atoms with E-state index in [-0.39, 0.29) is 0 Å². The first-order chi connectivity index (χ1) is 10.3. The lowest BCUT2D eigenvalue weighted by Crippen LogP contribution is -2.33. The van der Waals surface area contributed by atoms with Crippen molar-refractivity contribution >= 4 is 5.82 Å². The van der Waals surface area contributed by atoms with Gasteiger partial charge in [-0.2, -0.15) is 0 Å². The monoisotopic (exact) mass is 284 g/mol. The van der Waals surface area contributed by atoms with Gasteiger partial charge in [0.15, 0.2) is 5.82 Å². The molecule has 3 rings (SSSR count). The van der Waals surface area contributed by atoms with Crippen molar-refractivity contribution in [3.05, 3.63) is 30.4 Å². The molecule has 2 N–H and O–H groups in total. The molecule has 0 bridgehead atoms. The minimum atomic E-state index is 0.618. The molecule has 2 aromatic rings. The van der Waals surface area contributed by atoms with Crippen LogP contribution in [0.4, 0.5) is 5.82 Å². The Bertz CT molecular complexity index is 580. The maximum Gasteiger partial charge on any atom is 0.182 e. The highest BCUT2D eigenvalue weighted by Crippen LogP contribution is 2.16. The maximum atomic E-state index is 4.54. The Morgan fingerprint density at radius 2 is 2.29 bits per heavy atom. The second kappa shape index (κ2) is 6.58. The van der Waals surface area contributed by atoms with Gasteiger partial charge in [0, 0.05) is 30.7 Å². The van der Waals surface area contributed by atoms with Crippen LogP contribution < -0.4 is 10.6 Å². The number of rotatable bonds is 4. The van der Waals surface area contributed by atoms with Crippen LogP contribution in [0, 0.1) is 12.8 Å². The Labute approximate surface area is 124 Å². The van der Waals surface area contributed by atoms with Gasteiger partial charge in [-0.3, -0.25) is 4.98 Å². The Morgan fingerprint density at radius 1 is 1.33 bits per heavy atom. The molecule has 110 valence electrons. The lowest BCUT2D eigenvalue weighted by Gasteiger charge is -2.23. The third-order valence-electron chi connectivity index (χ3n) is 3.62. The van der Waals surface area contributed by atoms with Gasteiger partial charge in [-0.15, -0.1) is 0 Å². The van der Waals surface area contributed by atoms with Crippen molar-refractivity contribution in [1.82, 2.24) is 25.3 Å². The normalized spacial score (nSPS) is 18.4. The first kappa shape index (κ1) is 13.9. The fourth-order valence-corrected chi connectivity index (χ4v) is 2.54. The zero-order chi connectivity index (χ0) is 14.5. The topological polar surface area (TPSA) is 75.6 Å². The van der Waals surface area contributed by atoms with Crippen LogP contribution in [-0.2, 0) is 0 Å². The van der Waals surface area contributed by atoms with Crippen LogP contribution in [0.3, 0.4) is 0 Å². The number of hydrogen-bond acceptors (Lipinski definition) is 6. The molecule has 0 aliphatic carbocycles. The van der Waals surface area contributed by atoms with E-state index in [9.17, 15) is 0 Å². The van der Waals surface area contributed by atoms with Gasteiger partial charge in [-0.05, 0) is 38.8 Å². The summed E-state index contributed by atoms with van der Waals surface area (Å²) in [5.41, 5.74) is 1.62. The second-order valence-corrected chi connectivity index (χ2v) is 5.40. The van der Waals surface area contributed by atoms with E-state index in [1.54, 1.807) is 18.6 Å².